The van der Waals surface area contributed by atoms with Gasteiger partial charge in [0.15, 0.2) is 0 Å². The van der Waals surface area contributed by atoms with E-state index in [0.29, 0.717) is 72.5 Å². The van der Waals surface area contributed by atoms with Crippen molar-refractivity contribution >= 4 is 114 Å². The van der Waals surface area contributed by atoms with Crippen molar-refractivity contribution in [2.24, 2.45) is 5.73 Å². The molecule has 0 saturated carbocycles. The Morgan fingerprint density at radius 3 is 1.58 bits per heavy atom. The van der Waals surface area contributed by atoms with Gasteiger partial charge in [0, 0.05) is 76.4 Å². The van der Waals surface area contributed by atoms with Crippen molar-refractivity contribution < 1.29 is 31.5 Å². The van der Waals surface area contributed by atoms with E-state index in [2.05, 4.69) is 101 Å². The lowest BCUT2D eigenvalue weighted by Crippen LogP contribution is -2.25. The molecule has 93 heavy (non-hydrogen) atoms. The van der Waals surface area contributed by atoms with E-state index in [1.54, 1.807) is 30.0 Å². The molecule has 0 aliphatic heterocycles. The van der Waals surface area contributed by atoms with Crippen LogP contribution in [0.1, 0.15) is 147 Å². The van der Waals surface area contributed by atoms with Crippen molar-refractivity contribution in [1.82, 2.24) is 20.3 Å². The van der Waals surface area contributed by atoms with Crippen LogP contribution in [0.3, 0.4) is 0 Å². The molecule has 0 heterocycles. The van der Waals surface area contributed by atoms with E-state index in [-0.39, 0.29) is 24.2 Å². The van der Waals surface area contributed by atoms with Crippen LogP contribution in [0.25, 0.3) is 0 Å². The summed E-state index contributed by atoms with van der Waals surface area (Å²) < 4.78 is 55.3. The lowest BCUT2D eigenvalue weighted by Gasteiger charge is -2.32. The maximum absolute atomic E-state index is 11.4. The number of halogens is 6. The number of thioether (sulfide) groups is 1. The van der Waals surface area contributed by atoms with Crippen molar-refractivity contribution in [3.05, 3.63) is 254 Å². The lowest BCUT2D eigenvalue weighted by atomic mass is 9.76. The zero-order valence-corrected chi connectivity index (χ0v) is 59.9. The van der Waals surface area contributed by atoms with Crippen LogP contribution in [-0.2, 0) is 44.0 Å². The highest BCUT2D eigenvalue weighted by atomic mass is 35.5. The third kappa shape index (κ3) is 21.1. The summed E-state index contributed by atoms with van der Waals surface area (Å²) in [5, 5.41) is 10.4. The van der Waals surface area contributed by atoms with Crippen molar-refractivity contribution in [1.29, 1.82) is 0 Å². The number of sulfonamides is 1. The predicted octanol–water partition coefficient (Wildman–Crippen LogP) is 17.8. The Morgan fingerprint density at radius 1 is 0.613 bits per heavy atom. The normalized spacial score (nSPS) is 18.1. The van der Waals surface area contributed by atoms with Gasteiger partial charge in [-0.15, -0.1) is 11.8 Å². The van der Waals surface area contributed by atoms with Crippen LogP contribution in [0.15, 0.2) is 157 Å². The first-order chi connectivity index (χ1) is 44.3. The second-order valence-electron chi connectivity index (χ2n) is 23.2. The number of hydrogen-bond acceptors (Lipinski definition) is 12. The standard InChI is InChI=1S/C19H22Cl2N2O2S.C18H19Cl2N.C17H22N2O3S2.C16H15Cl2N.CO2/c1-22-19-8-6-14(13-4-7-17(20)18(21)10-13)15-5-3-12(9-16(15)19)11-23-26(2,24)25;1-11-3-5-14-13(6-8-18(21-2)15(14)9-11)12-4-7-16(19)17(20)10-12;1-12-9-15(6-8-17(12)23-4)22-16-7-5-14(18-24(20)21)10-13(16)11-19(2)3;17-14-7-5-10(9-15(14)18)11-6-8-16(19)13-4-2-1-3-12(11)13;2-1-3/h3-5,7,9-10,14,19,22-23H,6,8,11H2,1-2H3;3-5,7,9-10,13,18,21H,6,8H2,1-2H3;5-10,18H,11H2,1-4H3,(H,20,21);1-5,7,9,11,16H,6,8,19H2;/p-1/t14-,19-;13-,18-;;11-,16-;/m00.1./s1. The van der Waals surface area contributed by atoms with Crippen LogP contribution >= 0.6 is 81.4 Å². The van der Waals surface area contributed by atoms with Gasteiger partial charge in [0.05, 0.1) is 36.4 Å². The minimum absolute atomic E-state index is 0.148. The summed E-state index contributed by atoms with van der Waals surface area (Å²) in [6.45, 7) is 5.13. The number of hydrogen-bond donors (Lipinski definition) is 5. The Labute approximate surface area is 584 Å². The number of ether oxygens (including phenoxy) is 1. The molecule has 0 bridgehead atoms. The molecule has 0 radical (unpaired) electrons. The van der Waals surface area contributed by atoms with Crippen LogP contribution in [0, 0.1) is 13.8 Å². The van der Waals surface area contributed by atoms with Gasteiger partial charge in [-0.2, -0.15) is 9.59 Å². The third-order valence-corrected chi connectivity index (χ3v) is 20.7. The largest absolute Gasteiger partial charge is 0.755 e. The predicted molar refractivity (Wildman–Crippen MR) is 383 cm³/mol. The molecule has 8 aromatic rings. The fourth-order valence-corrected chi connectivity index (χ4v) is 14.4. The van der Waals surface area contributed by atoms with Gasteiger partial charge in [-0.1, -0.05) is 154 Å². The maximum atomic E-state index is 11.4. The fourth-order valence-electron chi connectivity index (χ4n) is 12.2. The van der Waals surface area contributed by atoms with Crippen molar-refractivity contribution in [3.8, 4) is 11.5 Å². The molecule has 1 unspecified atom stereocenters. The average molecular weight is 1440 g/mol. The molecular weight excluding hydrogens is 1360 g/mol. The molecule has 8 aromatic carbocycles. The van der Waals surface area contributed by atoms with Gasteiger partial charge in [0.25, 0.3) is 0 Å². The number of fused-ring (bicyclic) bond motifs is 3. The molecule has 0 aromatic heterocycles. The molecule has 13 nitrogen and oxygen atoms in total. The highest BCUT2D eigenvalue weighted by Crippen LogP contribution is 2.46. The van der Waals surface area contributed by atoms with Crippen molar-refractivity contribution in [3.63, 3.8) is 0 Å². The molecule has 11 rings (SSSR count). The molecule has 7 atom stereocenters. The number of nitrogens with zero attached hydrogens (tertiary/aromatic N) is 1. The van der Waals surface area contributed by atoms with E-state index in [0.717, 1.165) is 66.5 Å². The summed E-state index contributed by atoms with van der Waals surface area (Å²) in [6.07, 6.45) is 9.79. The summed E-state index contributed by atoms with van der Waals surface area (Å²) >= 11 is 36.0. The Bertz CT molecular complexity index is 4050. The Hall–Kier alpha value is -5.31. The molecule has 22 heteroatoms. The number of benzene rings is 8. The van der Waals surface area contributed by atoms with Crippen LogP contribution in [0.5, 0.6) is 11.5 Å². The smallest absolute Gasteiger partial charge is 0.373 e. The number of carbonyl (C=O) groups excluding carboxylic acids is 2. The zero-order chi connectivity index (χ0) is 67.7. The monoisotopic (exact) mass is 1430 g/mol. The fraction of sp³-hybridized carbons (Fsp3) is 0.310. The molecule has 0 fully saturated rings. The number of nitrogens with one attached hydrogen (secondary N) is 4. The Kier molecular flexibility index (Phi) is 28.8. The second kappa shape index (κ2) is 35.6. The first-order valence-corrected chi connectivity index (χ1v) is 36.5. The summed E-state index contributed by atoms with van der Waals surface area (Å²) in [6, 6.07) is 51.2. The number of nitrogens with two attached hydrogens (primary N) is 1. The van der Waals surface area contributed by atoms with Crippen LogP contribution in [0.4, 0.5) is 5.69 Å². The second-order valence-corrected chi connectivity index (χ2v) is 29.0. The first-order valence-electron chi connectivity index (χ1n) is 30.0. The quantitative estimate of drug-likeness (QED) is 0.0482. The number of anilines is 1. The topological polar surface area (TPSA) is 195 Å². The summed E-state index contributed by atoms with van der Waals surface area (Å²) in [5.41, 5.74) is 22.5. The highest BCUT2D eigenvalue weighted by Gasteiger charge is 2.30. The van der Waals surface area contributed by atoms with Crippen molar-refractivity contribution in [2.75, 3.05) is 45.4 Å². The highest BCUT2D eigenvalue weighted by molar-refractivity contribution is 7.98. The zero-order valence-electron chi connectivity index (χ0n) is 52.9. The van der Waals surface area contributed by atoms with Gasteiger partial charge in [-0.25, -0.2) is 13.1 Å². The molecular formula is C71H77Cl6N6O7S3-. The number of rotatable bonds is 15. The van der Waals surface area contributed by atoms with Crippen LogP contribution < -0.4 is 30.5 Å². The van der Waals surface area contributed by atoms with Gasteiger partial charge in [0.1, 0.15) is 11.5 Å². The summed E-state index contributed by atoms with van der Waals surface area (Å²) in [4.78, 5) is 19.5. The Morgan fingerprint density at radius 2 is 1.11 bits per heavy atom. The van der Waals surface area contributed by atoms with E-state index in [9.17, 15) is 17.2 Å². The molecule has 0 spiro atoms. The molecule has 6 N–H and O–H groups in total. The van der Waals surface area contributed by atoms with Gasteiger partial charge in [0.2, 0.25) is 10.0 Å². The number of aryl methyl sites for hydroxylation is 2. The average Bonchev–Trinajstić information content (AvgIpc) is 0.941. The van der Waals surface area contributed by atoms with E-state index >= 15 is 0 Å². The molecule has 3 aliphatic carbocycles. The minimum atomic E-state index is -3.22. The molecule has 0 saturated heterocycles. The lowest BCUT2D eigenvalue weighted by molar-refractivity contribution is -0.191. The van der Waals surface area contributed by atoms with E-state index in [4.69, 9.17) is 89.7 Å². The van der Waals surface area contributed by atoms with E-state index < -0.39 is 21.3 Å². The van der Waals surface area contributed by atoms with Crippen molar-refractivity contribution in [2.45, 2.75) is 106 Å². The summed E-state index contributed by atoms with van der Waals surface area (Å²) in [7, 11) is 4.68. The van der Waals surface area contributed by atoms with E-state index in [1.165, 1.54) is 61.2 Å². The molecule has 494 valence electrons. The van der Waals surface area contributed by atoms with Crippen LogP contribution in [0.2, 0.25) is 30.1 Å². The minimum Gasteiger partial charge on any atom is -0.755 e. The summed E-state index contributed by atoms with van der Waals surface area (Å²) in [5.74, 6) is 2.49. The first kappa shape index (κ1) is 75.1. The van der Waals surface area contributed by atoms with Gasteiger partial charge in [-0.3, -0.25) is 4.21 Å². The molecule has 0 amide bonds. The van der Waals surface area contributed by atoms with Gasteiger partial charge in [-0.05, 0) is 221 Å². The third-order valence-electron chi connectivity index (χ3n) is 16.5. The van der Waals surface area contributed by atoms with E-state index in [1.807, 2.05) is 106 Å². The Balaban J connectivity index is 0.000000174. The molecule has 3 aliphatic rings. The van der Waals surface area contributed by atoms with Crippen LogP contribution in [-0.4, -0.2) is 68.9 Å². The SMILES string of the molecule is CN[C@H]1CC[C@@H](c2ccc(Cl)c(Cl)c2)c2ccc(C)cc21.CN[C@H]1CC[C@@H](c2ccc(Cl)c(Cl)c2)c2ccc(CNS(C)(=O)=O)cc21.CSc1ccc(Oc2ccc(NS(=O)[O-])cc2CN(C)C)cc1C.N[C@@H]1CC[C@H](c2ccc(Cl)c(Cl)c2)c2ccccc21.O=C=O. The van der Waals surface area contributed by atoms with Gasteiger partial charge < -0.3 is 35.3 Å². The van der Waals surface area contributed by atoms with Gasteiger partial charge >= 0.3 is 6.15 Å². The maximum Gasteiger partial charge on any atom is 0.373 e.